The van der Waals surface area contributed by atoms with Crippen LogP contribution in [-0.2, 0) is 9.47 Å². The fourth-order valence-electron chi connectivity index (χ4n) is 4.13. The van der Waals surface area contributed by atoms with E-state index >= 15 is 0 Å². The van der Waals surface area contributed by atoms with Crippen molar-refractivity contribution in [3.63, 3.8) is 0 Å². The average molecular weight is 469 g/mol. The summed E-state index contributed by atoms with van der Waals surface area (Å²) < 4.78 is 22.5. The Labute approximate surface area is 195 Å². The highest BCUT2D eigenvalue weighted by Crippen LogP contribution is 2.35. The van der Waals surface area contributed by atoms with Crippen molar-refractivity contribution in [3.05, 3.63) is 70.1 Å². The molecule has 2 heterocycles. The van der Waals surface area contributed by atoms with Gasteiger partial charge in [0.25, 0.3) is 5.91 Å². The molecule has 34 heavy (non-hydrogen) atoms. The first-order chi connectivity index (χ1) is 16.1. The zero-order chi connectivity index (χ0) is 24.6. The minimum absolute atomic E-state index is 0.0101. The van der Waals surface area contributed by atoms with Gasteiger partial charge < -0.3 is 34.2 Å². The fraction of sp³-hybridized carbons (Fsp3) is 0.360. The van der Waals surface area contributed by atoms with E-state index in [1.165, 1.54) is 13.2 Å². The van der Waals surface area contributed by atoms with Gasteiger partial charge in [-0.15, -0.1) is 0 Å². The van der Waals surface area contributed by atoms with E-state index in [1.54, 1.807) is 63.2 Å². The largest absolute Gasteiger partial charge is 0.462 e. The van der Waals surface area contributed by atoms with Gasteiger partial charge in [0.05, 0.1) is 5.60 Å². The predicted octanol–water partition coefficient (Wildman–Crippen LogP) is 2.60. The minimum atomic E-state index is -1.37. The first-order valence-corrected chi connectivity index (χ1v) is 10.8. The molecule has 1 amide bonds. The molecular formula is C25H27NO8. The van der Waals surface area contributed by atoms with E-state index in [1.807, 2.05) is 0 Å². The van der Waals surface area contributed by atoms with Gasteiger partial charge in [0.2, 0.25) is 6.29 Å². The van der Waals surface area contributed by atoms with Crippen LogP contribution in [0.4, 0.5) is 5.69 Å². The molecule has 1 saturated heterocycles. The van der Waals surface area contributed by atoms with E-state index in [4.69, 9.17) is 18.6 Å². The number of aliphatic hydroxyl groups is 2. The number of carbonyl (C=O) groups excluding carboxylic acids is 1. The van der Waals surface area contributed by atoms with Crippen LogP contribution in [0.3, 0.4) is 0 Å². The van der Waals surface area contributed by atoms with Gasteiger partial charge in [-0.3, -0.25) is 4.79 Å². The molecule has 0 radical (unpaired) electrons. The summed E-state index contributed by atoms with van der Waals surface area (Å²) in [6.07, 6.45) is -4.52. The van der Waals surface area contributed by atoms with Crippen LogP contribution in [0.1, 0.15) is 29.8 Å². The van der Waals surface area contributed by atoms with Crippen molar-refractivity contribution in [1.82, 2.24) is 0 Å². The quantitative estimate of drug-likeness (QED) is 0.487. The number of nitrogens with one attached hydrogen (secondary N) is 1. The number of ether oxygens (including phenoxy) is 3. The molecule has 4 atom stereocenters. The molecule has 0 spiro atoms. The molecule has 9 nitrogen and oxygen atoms in total. The monoisotopic (exact) mass is 469 g/mol. The van der Waals surface area contributed by atoms with E-state index in [2.05, 4.69) is 5.32 Å². The lowest BCUT2D eigenvalue weighted by Crippen LogP contribution is -2.63. The van der Waals surface area contributed by atoms with Gasteiger partial charge in [0.1, 0.15) is 35.3 Å². The zero-order valence-corrected chi connectivity index (χ0v) is 19.3. The first-order valence-electron chi connectivity index (χ1n) is 10.8. The maximum atomic E-state index is 12.6. The summed E-state index contributed by atoms with van der Waals surface area (Å²) >= 11 is 0. The SMILES string of the molecule is COC1C(O)C(O)C(Oc2ccc3cc(NC(=O)c4ccccc4)c(=O)oc3c2C)OC1(C)C. The fourth-order valence-corrected chi connectivity index (χ4v) is 4.13. The molecule has 3 aromatic rings. The van der Waals surface area contributed by atoms with E-state index in [0.717, 1.165) is 0 Å². The number of carbonyl (C=O) groups is 1. The summed E-state index contributed by atoms with van der Waals surface area (Å²) in [6.45, 7) is 5.14. The Kier molecular flexibility index (Phi) is 6.46. The number of methoxy groups -OCH3 is 1. The molecule has 9 heteroatoms. The highest BCUT2D eigenvalue weighted by molar-refractivity contribution is 6.04. The van der Waals surface area contributed by atoms with Crippen molar-refractivity contribution in [2.75, 3.05) is 12.4 Å². The molecule has 0 bridgehead atoms. The van der Waals surface area contributed by atoms with Crippen molar-refractivity contribution < 1.29 is 33.6 Å². The summed E-state index contributed by atoms with van der Waals surface area (Å²) in [5.41, 5.74) is -0.468. The second-order valence-corrected chi connectivity index (χ2v) is 8.72. The van der Waals surface area contributed by atoms with Crippen molar-refractivity contribution in [2.24, 2.45) is 0 Å². The highest BCUT2D eigenvalue weighted by Gasteiger charge is 2.50. The molecule has 4 unspecified atom stereocenters. The van der Waals surface area contributed by atoms with E-state index in [-0.39, 0.29) is 11.3 Å². The number of anilines is 1. The Morgan fingerprint density at radius 3 is 2.47 bits per heavy atom. The van der Waals surface area contributed by atoms with Crippen LogP contribution in [0.5, 0.6) is 5.75 Å². The van der Waals surface area contributed by atoms with Crippen LogP contribution in [0, 0.1) is 6.92 Å². The third-order valence-electron chi connectivity index (χ3n) is 5.93. The first kappa shape index (κ1) is 23.9. The minimum Gasteiger partial charge on any atom is -0.462 e. The van der Waals surface area contributed by atoms with Crippen molar-refractivity contribution in [2.45, 2.75) is 51.0 Å². The average Bonchev–Trinajstić information content (AvgIpc) is 2.80. The number of aryl methyl sites for hydroxylation is 1. The summed E-state index contributed by atoms with van der Waals surface area (Å²) in [4.78, 5) is 25.0. The van der Waals surface area contributed by atoms with Gasteiger partial charge in [0, 0.05) is 23.6 Å². The maximum Gasteiger partial charge on any atom is 0.360 e. The molecule has 1 aliphatic rings. The van der Waals surface area contributed by atoms with Crippen molar-refractivity contribution in [3.8, 4) is 5.75 Å². The number of benzene rings is 2. The predicted molar refractivity (Wildman–Crippen MR) is 124 cm³/mol. The zero-order valence-electron chi connectivity index (χ0n) is 19.3. The van der Waals surface area contributed by atoms with Gasteiger partial charge in [-0.2, -0.15) is 0 Å². The van der Waals surface area contributed by atoms with Gasteiger partial charge >= 0.3 is 5.63 Å². The lowest BCUT2D eigenvalue weighted by Gasteiger charge is -2.46. The van der Waals surface area contributed by atoms with Gasteiger partial charge in [-0.1, -0.05) is 18.2 Å². The molecule has 0 saturated carbocycles. The summed E-state index contributed by atoms with van der Waals surface area (Å²) in [5, 5.41) is 24.1. The molecule has 2 aromatic carbocycles. The summed E-state index contributed by atoms with van der Waals surface area (Å²) in [6, 6.07) is 13.3. The standard InChI is InChI=1S/C25H27NO8/c1-13-17(32-24-19(28)18(27)21(31-4)25(2,3)34-24)11-10-15-12-16(23(30)33-20(13)15)26-22(29)14-8-6-5-7-9-14/h5-12,18-19,21,24,27-28H,1-4H3,(H,26,29). The third-order valence-corrected chi connectivity index (χ3v) is 5.93. The van der Waals surface area contributed by atoms with Crippen molar-refractivity contribution in [1.29, 1.82) is 0 Å². The Morgan fingerprint density at radius 2 is 1.79 bits per heavy atom. The Morgan fingerprint density at radius 1 is 1.09 bits per heavy atom. The summed E-state index contributed by atoms with van der Waals surface area (Å²) in [7, 11) is 1.43. The number of rotatable bonds is 5. The third kappa shape index (κ3) is 4.43. The highest BCUT2D eigenvalue weighted by atomic mass is 16.7. The van der Waals surface area contributed by atoms with Crippen LogP contribution in [0.15, 0.2) is 57.7 Å². The molecule has 1 aliphatic heterocycles. The Bertz CT molecular complexity index is 1250. The van der Waals surface area contributed by atoms with Crippen LogP contribution in [0.25, 0.3) is 11.0 Å². The van der Waals surface area contributed by atoms with E-state index in [9.17, 15) is 19.8 Å². The van der Waals surface area contributed by atoms with Gasteiger partial charge in [-0.05, 0) is 51.1 Å². The number of hydrogen-bond acceptors (Lipinski definition) is 8. The lowest BCUT2D eigenvalue weighted by atomic mass is 9.89. The van der Waals surface area contributed by atoms with Gasteiger partial charge in [-0.25, -0.2) is 4.79 Å². The Hall–Kier alpha value is -3.24. The second kappa shape index (κ2) is 9.19. The smallest absolute Gasteiger partial charge is 0.360 e. The van der Waals surface area contributed by atoms with Crippen LogP contribution in [0.2, 0.25) is 0 Å². The molecule has 3 N–H and O–H groups in total. The maximum absolute atomic E-state index is 12.6. The van der Waals surface area contributed by atoms with Crippen LogP contribution >= 0.6 is 0 Å². The van der Waals surface area contributed by atoms with E-state index in [0.29, 0.717) is 22.3 Å². The number of amides is 1. The second-order valence-electron chi connectivity index (χ2n) is 8.72. The number of hydrogen-bond donors (Lipinski definition) is 3. The summed E-state index contributed by atoms with van der Waals surface area (Å²) in [5.74, 6) is -0.123. The molecule has 4 rings (SSSR count). The van der Waals surface area contributed by atoms with Crippen LogP contribution < -0.4 is 15.7 Å². The molecule has 180 valence electrons. The molecule has 1 fully saturated rings. The number of fused-ring (bicyclic) bond motifs is 1. The lowest BCUT2D eigenvalue weighted by molar-refractivity contribution is -0.306. The van der Waals surface area contributed by atoms with Gasteiger partial charge in [0.15, 0.2) is 0 Å². The Balaban J connectivity index is 1.60. The normalized spacial score (nSPS) is 24.1. The van der Waals surface area contributed by atoms with E-state index < -0.39 is 41.7 Å². The topological polar surface area (TPSA) is 127 Å². The van der Waals surface area contributed by atoms with Crippen molar-refractivity contribution >= 4 is 22.6 Å². The molecule has 1 aromatic heterocycles. The van der Waals surface area contributed by atoms with Crippen LogP contribution in [-0.4, -0.2) is 53.4 Å². The molecular weight excluding hydrogens is 442 g/mol. The number of aliphatic hydroxyl groups excluding tert-OH is 2. The molecule has 0 aliphatic carbocycles.